The lowest BCUT2D eigenvalue weighted by molar-refractivity contribution is -0.115. The van der Waals surface area contributed by atoms with E-state index >= 15 is 0 Å². The average Bonchev–Trinajstić information content (AvgIpc) is 3.14. The van der Waals surface area contributed by atoms with Crippen LogP contribution in [0.1, 0.15) is 41.6 Å². The fraction of sp³-hybridized carbons (Fsp3) is 0.182. The molecule has 0 aromatic carbocycles. The molecule has 0 bridgehead atoms. The van der Waals surface area contributed by atoms with Crippen LogP contribution in [0.3, 0.4) is 0 Å². The molecule has 0 saturated heterocycles. The maximum atomic E-state index is 13.2. The number of aromatic nitrogens is 5. The van der Waals surface area contributed by atoms with Crippen LogP contribution in [0.5, 0.6) is 0 Å². The molecule has 0 radical (unpaired) electrons. The summed E-state index contributed by atoms with van der Waals surface area (Å²) in [6.07, 6.45) is 11.4. The molecule has 0 atom stereocenters. The number of carbonyl (C=O) groups is 2. The molecule has 0 fully saturated rings. The lowest BCUT2D eigenvalue weighted by atomic mass is 10.0. The van der Waals surface area contributed by atoms with Gasteiger partial charge in [-0.05, 0) is 32.0 Å². The number of fused-ring (bicyclic) bond motifs is 1. The molecule has 1 N–H and O–H groups in total. The molecule has 0 spiro atoms. The number of nitrogens with zero attached hydrogens (tertiary/aromatic N) is 5. The van der Waals surface area contributed by atoms with E-state index in [1.165, 1.54) is 12.4 Å². The van der Waals surface area contributed by atoms with Gasteiger partial charge in [0.05, 0.1) is 23.8 Å². The maximum Gasteiger partial charge on any atom is 0.232 e. The van der Waals surface area contributed by atoms with Crippen LogP contribution < -0.4 is 5.32 Å². The Bertz CT molecular complexity index is 1220. The third-order valence-electron chi connectivity index (χ3n) is 4.66. The Balaban J connectivity index is 1.59. The fourth-order valence-corrected chi connectivity index (χ4v) is 3.26. The Morgan fingerprint density at radius 3 is 2.63 bits per heavy atom. The van der Waals surface area contributed by atoms with E-state index in [4.69, 9.17) is 0 Å². The SMILES string of the molecule is CC(C)n1cc(C(=O)c2cncc(NC(=O)Cc3ncccn3)c2)c2cnccc21. The summed E-state index contributed by atoms with van der Waals surface area (Å²) >= 11 is 0. The van der Waals surface area contributed by atoms with Crippen LogP contribution in [0.25, 0.3) is 10.9 Å². The van der Waals surface area contributed by atoms with E-state index in [1.807, 2.05) is 16.8 Å². The van der Waals surface area contributed by atoms with Crippen molar-refractivity contribution in [2.75, 3.05) is 5.32 Å². The van der Waals surface area contributed by atoms with Crippen LogP contribution in [0.15, 0.2) is 61.6 Å². The van der Waals surface area contributed by atoms with E-state index in [9.17, 15) is 9.59 Å². The maximum absolute atomic E-state index is 13.2. The molecule has 4 heterocycles. The molecule has 150 valence electrons. The number of amides is 1. The molecule has 4 rings (SSSR count). The lowest BCUT2D eigenvalue weighted by Gasteiger charge is -2.08. The van der Waals surface area contributed by atoms with Crippen LogP contribution in [-0.2, 0) is 11.2 Å². The average molecular weight is 400 g/mol. The normalized spacial score (nSPS) is 11.0. The molecule has 30 heavy (non-hydrogen) atoms. The zero-order chi connectivity index (χ0) is 21.1. The van der Waals surface area contributed by atoms with Gasteiger partial charge in [-0.15, -0.1) is 0 Å². The third-order valence-corrected chi connectivity index (χ3v) is 4.66. The molecule has 0 unspecified atom stereocenters. The highest BCUT2D eigenvalue weighted by molar-refractivity contribution is 6.16. The Hall–Kier alpha value is -3.94. The quantitative estimate of drug-likeness (QED) is 0.499. The van der Waals surface area contributed by atoms with Crippen molar-refractivity contribution in [3.63, 3.8) is 0 Å². The second-order valence-electron chi connectivity index (χ2n) is 7.12. The Morgan fingerprint density at radius 1 is 1.07 bits per heavy atom. The molecular weight excluding hydrogens is 380 g/mol. The number of pyridine rings is 2. The first kappa shape index (κ1) is 19.4. The van der Waals surface area contributed by atoms with Gasteiger partial charge >= 0.3 is 0 Å². The van der Waals surface area contributed by atoms with Crippen LogP contribution in [0.4, 0.5) is 5.69 Å². The molecule has 8 heteroatoms. The third kappa shape index (κ3) is 3.93. The van der Waals surface area contributed by atoms with Gasteiger partial charge in [-0.1, -0.05) is 0 Å². The summed E-state index contributed by atoms with van der Waals surface area (Å²) in [6, 6.07) is 5.40. The van der Waals surface area contributed by atoms with Crippen molar-refractivity contribution in [2.45, 2.75) is 26.3 Å². The molecular formula is C22H20N6O2. The van der Waals surface area contributed by atoms with E-state index in [1.54, 1.807) is 36.9 Å². The first-order valence-corrected chi connectivity index (χ1v) is 9.53. The highest BCUT2D eigenvalue weighted by Gasteiger charge is 2.19. The number of nitrogens with one attached hydrogen (secondary N) is 1. The van der Waals surface area contributed by atoms with Gasteiger partial charge < -0.3 is 9.88 Å². The smallest absolute Gasteiger partial charge is 0.232 e. The van der Waals surface area contributed by atoms with Gasteiger partial charge in [0.25, 0.3) is 0 Å². The van der Waals surface area contributed by atoms with Crippen molar-refractivity contribution in [3.05, 3.63) is 78.5 Å². The molecule has 1 amide bonds. The van der Waals surface area contributed by atoms with Crippen molar-refractivity contribution in [2.24, 2.45) is 0 Å². The van der Waals surface area contributed by atoms with Crippen molar-refractivity contribution in [1.82, 2.24) is 24.5 Å². The van der Waals surface area contributed by atoms with Gasteiger partial charge in [-0.3, -0.25) is 19.6 Å². The predicted molar refractivity (Wildman–Crippen MR) is 112 cm³/mol. The van der Waals surface area contributed by atoms with E-state index in [-0.39, 0.29) is 24.2 Å². The number of carbonyl (C=O) groups excluding carboxylic acids is 2. The topological polar surface area (TPSA) is 103 Å². The largest absolute Gasteiger partial charge is 0.344 e. The summed E-state index contributed by atoms with van der Waals surface area (Å²) in [7, 11) is 0. The van der Waals surface area contributed by atoms with Gasteiger partial charge in [0, 0.05) is 59.7 Å². The minimum absolute atomic E-state index is 0.0343. The van der Waals surface area contributed by atoms with Gasteiger partial charge in [-0.2, -0.15) is 0 Å². The lowest BCUT2D eigenvalue weighted by Crippen LogP contribution is -2.16. The van der Waals surface area contributed by atoms with Gasteiger partial charge in [0.1, 0.15) is 5.82 Å². The molecule has 0 aliphatic heterocycles. The highest BCUT2D eigenvalue weighted by atomic mass is 16.1. The molecule has 0 saturated carbocycles. The summed E-state index contributed by atoms with van der Waals surface area (Å²) in [5.41, 5.74) is 2.32. The number of hydrogen-bond donors (Lipinski definition) is 1. The van der Waals surface area contributed by atoms with Crippen molar-refractivity contribution in [3.8, 4) is 0 Å². The summed E-state index contributed by atoms with van der Waals surface area (Å²) in [6.45, 7) is 4.12. The first-order chi connectivity index (χ1) is 14.5. The first-order valence-electron chi connectivity index (χ1n) is 9.53. The van der Waals surface area contributed by atoms with Crippen molar-refractivity contribution < 1.29 is 9.59 Å². The highest BCUT2D eigenvalue weighted by Crippen LogP contribution is 2.26. The molecule has 0 aliphatic rings. The summed E-state index contributed by atoms with van der Waals surface area (Å²) in [5.74, 6) is -0.0419. The van der Waals surface area contributed by atoms with E-state index in [0.29, 0.717) is 22.6 Å². The molecule has 8 nitrogen and oxygen atoms in total. The van der Waals surface area contributed by atoms with Crippen LogP contribution in [0.2, 0.25) is 0 Å². The Labute approximate surface area is 173 Å². The van der Waals surface area contributed by atoms with E-state index in [0.717, 1.165) is 10.9 Å². The predicted octanol–water partition coefficient (Wildman–Crippen LogP) is 3.21. The number of ketones is 1. The standard InChI is InChI=1S/C22H20N6O2/c1-14(2)28-13-18(17-12-23-7-4-19(17)28)22(30)15-8-16(11-24-10-15)27-21(29)9-20-25-5-3-6-26-20/h3-8,10-14H,9H2,1-2H3,(H,27,29). The zero-order valence-corrected chi connectivity index (χ0v) is 16.6. The summed E-state index contributed by atoms with van der Waals surface area (Å²) in [5, 5.41) is 3.53. The van der Waals surface area contributed by atoms with Crippen LogP contribution in [-0.4, -0.2) is 36.2 Å². The Kier molecular flexibility index (Phi) is 5.30. The van der Waals surface area contributed by atoms with Gasteiger partial charge in [0.2, 0.25) is 5.91 Å². The number of hydrogen-bond acceptors (Lipinski definition) is 6. The molecule has 4 aromatic rings. The van der Waals surface area contributed by atoms with E-state index < -0.39 is 0 Å². The molecule has 4 aromatic heterocycles. The van der Waals surface area contributed by atoms with Crippen molar-refractivity contribution in [1.29, 1.82) is 0 Å². The van der Waals surface area contributed by atoms with Gasteiger partial charge in [0.15, 0.2) is 5.78 Å². The zero-order valence-electron chi connectivity index (χ0n) is 16.6. The monoisotopic (exact) mass is 400 g/mol. The van der Waals surface area contributed by atoms with Crippen LogP contribution >= 0.6 is 0 Å². The minimum Gasteiger partial charge on any atom is -0.344 e. The van der Waals surface area contributed by atoms with Crippen LogP contribution in [0, 0.1) is 0 Å². The minimum atomic E-state index is -0.284. The second-order valence-corrected chi connectivity index (χ2v) is 7.12. The summed E-state index contributed by atoms with van der Waals surface area (Å²) < 4.78 is 2.04. The Morgan fingerprint density at radius 2 is 1.87 bits per heavy atom. The number of rotatable bonds is 6. The van der Waals surface area contributed by atoms with E-state index in [2.05, 4.69) is 39.1 Å². The molecule has 0 aliphatic carbocycles. The number of anilines is 1. The fourth-order valence-electron chi connectivity index (χ4n) is 3.26. The summed E-state index contributed by atoms with van der Waals surface area (Å²) in [4.78, 5) is 41.9. The van der Waals surface area contributed by atoms with Crippen molar-refractivity contribution >= 4 is 28.3 Å². The van der Waals surface area contributed by atoms with Gasteiger partial charge in [-0.25, -0.2) is 9.97 Å². The second kappa shape index (κ2) is 8.20.